The quantitative estimate of drug-likeness (QED) is 0.708. The van der Waals surface area contributed by atoms with Crippen LogP contribution in [0, 0.1) is 6.92 Å². The summed E-state index contributed by atoms with van der Waals surface area (Å²) in [5.41, 5.74) is 4.66. The molecule has 0 atom stereocenters. The number of halogens is 1. The van der Waals surface area contributed by atoms with Crippen molar-refractivity contribution < 1.29 is 0 Å². The number of hydrogen-bond donors (Lipinski definition) is 0. The van der Waals surface area contributed by atoms with Crippen LogP contribution in [0.1, 0.15) is 22.8 Å². The third-order valence-electron chi connectivity index (χ3n) is 4.16. The fourth-order valence-electron chi connectivity index (χ4n) is 2.94. The van der Waals surface area contributed by atoms with Crippen molar-refractivity contribution >= 4 is 22.9 Å². The fourth-order valence-corrected chi connectivity index (χ4v) is 3.89. The summed E-state index contributed by atoms with van der Waals surface area (Å²) in [6.07, 6.45) is 2.94. The molecular formula is C18H17ClN4S. The van der Waals surface area contributed by atoms with Crippen LogP contribution in [0.3, 0.4) is 0 Å². The van der Waals surface area contributed by atoms with Gasteiger partial charge in [0.25, 0.3) is 0 Å². The van der Waals surface area contributed by atoms with Crippen molar-refractivity contribution in [2.75, 3.05) is 6.54 Å². The number of benzene rings is 1. The molecular weight excluding hydrogens is 340 g/mol. The standard InChI is InChI=1S/C18H17ClN4S/c1-12-20-8-14-9-23(7-6-17(14)21-12)10-16-11-24-18(22-16)13-2-4-15(19)5-3-13/h2-5,8,11H,6-7,9-10H2,1H3. The Kier molecular flexibility index (Phi) is 4.31. The Morgan fingerprint density at radius 3 is 2.88 bits per heavy atom. The van der Waals surface area contributed by atoms with E-state index >= 15 is 0 Å². The molecule has 1 aromatic carbocycles. The molecule has 0 aliphatic carbocycles. The second kappa shape index (κ2) is 6.59. The smallest absolute Gasteiger partial charge is 0.125 e. The van der Waals surface area contributed by atoms with E-state index in [-0.39, 0.29) is 0 Å². The summed E-state index contributed by atoms with van der Waals surface area (Å²) in [6.45, 7) is 4.71. The van der Waals surface area contributed by atoms with Crippen LogP contribution in [0.15, 0.2) is 35.8 Å². The summed E-state index contributed by atoms with van der Waals surface area (Å²) in [6, 6.07) is 7.84. The van der Waals surface area contributed by atoms with Crippen LogP contribution in [-0.2, 0) is 19.5 Å². The van der Waals surface area contributed by atoms with Gasteiger partial charge in [-0.2, -0.15) is 0 Å². The predicted molar refractivity (Wildman–Crippen MR) is 97.1 cm³/mol. The van der Waals surface area contributed by atoms with Gasteiger partial charge in [-0.15, -0.1) is 11.3 Å². The number of rotatable bonds is 3. The molecule has 0 radical (unpaired) electrons. The molecule has 4 nitrogen and oxygen atoms in total. The van der Waals surface area contributed by atoms with Gasteiger partial charge in [0.15, 0.2) is 0 Å². The summed E-state index contributed by atoms with van der Waals surface area (Å²) < 4.78 is 0. The number of thiazole rings is 1. The second-order valence-electron chi connectivity index (χ2n) is 6.00. The Labute approximate surface area is 150 Å². The maximum atomic E-state index is 5.95. The molecule has 0 bridgehead atoms. The molecule has 0 fully saturated rings. The molecule has 0 amide bonds. The lowest BCUT2D eigenvalue weighted by molar-refractivity contribution is 0.240. The van der Waals surface area contributed by atoms with Crippen molar-refractivity contribution in [3.8, 4) is 10.6 Å². The van der Waals surface area contributed by atoms with Gasteiger partial charge in [0.05, 0.1) is 5.69 Å². The van der Waals surface area contributed by atoms with E-state index in [2.05, 4.69) is 20.2 Å². The Morgan fingerprint density at radius 2 is 2.04 bits per heavy atom. The van der Waals surface area contributed by atoms with E-state index in [0.717, 1.165) is 53.2 Å². The summed E-state index contributed by atoms with van der Waals surface area (Å²) >= 11 is 7.63. The van der Waals surface area contributed by atoms with Gasteiger partial charge in [-0.3, -0.25) is 4.90 Å². The lowest BCUT2D eigenvalue weighted by Gasteiger charge is -2.27. The molecule has 3 aromatic rings. The van der Waals surface area contributed by atoms with Gasteiger partial charge in [0, 0.05) is 59.5 Å². The molecule has 3 heterocycles. The normalized spacial score (nSPS) is 14.6. The van der Waals surface area contributed by atoms with Crippen LogP contribution in [0.2, 0.25) is 5.02 Å². The minimum absolute atomic E-state index is 0.750. The zero-order chi connectivity index (χ0) is 16.5. The average Bonchev–Trinajstić information content (AvgIpc) is 3.04. The topological polar surface area (TPSA) is 41.9 Å². The van der Waals surface area contributed by atoms with Gasteiger partial charge in [-0.1, -0.05) is 23.7 Å². The van der Waals surface area contributed by atoms with E-state index in [1.54, 1.807) is 11.3 Å². The average molecular weight is 357 g/mol. The number of fused-ring (bicyclic) bond motifs is 1. The molecule has 2 aromatic heterocycles. The van der Waals surface area contributed by atoms with E-state index in [1.807, 2.05) is 37.4 Å². The summed E-state index contributed by atoms with van der Waals surface area (Å²) in [7, 11) is 0. The van der Waals surface area contributed by atoms with E-state index in [4.69, 9.17) is 16.6 Å². The van der Waals surface area contributed by atoms with Crippen LogP contribution < -0.4 is 0 Å². The van der Waals surface area contributed by atoms with E-state index in [0.29, 0.717) is 0 Å². The van der Waals surface area contributed by atoms with Gasteiger partial charge in [0.1, 0.15) is 10.8 Å². The number of nitrogens with zero attached hydrogens (tertiary/aromatic N) is 4. The van der Waals surface area contributed by atoms with Crippen molar-refractivity contribution in [3.63, 3.8) is 0 Å². The first-order valence-electron chi connectivity index (χ1n) is 7.91. The second-order valence-corrected chi connectivity index (χ2v) is 7.30. The Balaban J connectivity index is 1.47. The largest absolute Gasteiger partial charge is 0.293 e. The van der Waals surface area contributed by atoms with Gasteiger partial charge in [0.2, 0.25) is 0 Å². The highest BCUT2D eigenvalue weighted by atomic mass is 35.5. The summed E-state index contributed by atoms with van der Waals surface area (Å²) in [5.74, 6) is 0.856. The summed E-state index contributed by atoms with van der Waals surface area (Å²) in [5, 5.41) is 3.93. The molecule has 1 aliphatic rings. The van der Waals surface area contributed by atoms with Crippen molar-refractivity contribution in [2.45, 2.75) is 26.4 Å². The molecule has 0 spiro atoms. The summed E-state index contributed by atoms with van der Waals surface area (Å²) in [4.78, 5) is 16.0. The fraction of sp³-hybridized carbons (Fsp3) is 0.278. The van der Waals surface area contributed by atoms with Gasteiger partial charge in [-0.25, -0.2) is 15.0 Å². The Hall–Kier alpha value is -1.82. The predicted octanol–water partition coefficient (Wildman–Crippen LogP) is 4.12. The lowest BCUT2D eigenvalue weighted by Crippen LogP contribution is -2.31. The first-order chi connectivity index (χ1) is 11.7. The lowest BCUT2D eigenvalue weighted by atomic mass is 10.1. The van der Waals surface area contributed by atoms with Crippen LogP contribution in [0.25, 0.3) is 10.6 Å². The molecule has 1 aliphatic heterocycles. The van der Waals surface area contributed by atoms with Crippen molar-refractivity contribution in [1.82, 2.24) is 19.9 Å². The molecule has 4 rings (SSSR count). The first kappa shape index (κ1) is 15.7. The van der Waals surface area contributed by atoms with Crippen molar-refractivity contribution in [1.29, 1.82) is 0 Å². The Bertz CT molecular complexity index is 860. The van der Waals surface area contributed by atoms with Crippen LogP contribution in [0.4, 0.5) is 0 Å². The van der Waals surface area contributed by atoms with E-state index in [1.165, 1.54) is 11.3 Å². The Morgan fingerprint density at radius 1 is 1.21 bits per heavy atom. The highest BCUT2D eigenvalue weighted by Gasteiger charge is 2.19. The van der Waals surface area contributed by atoms with E-state index < -0.39 is 0 Å². The number of aromatic nitrogens is 3. The highest BCUT2D eigenvalue weighted by molar-refractivity contribution is 7.13. The first-order valence-corrected chi connectivity index (χ1v) is 9.17. The van der Waals surface area contributed by atoms with Crippen molar-refractivity contribution in [3.05, 3.63) is 63.6 Å². The van der Waals surface area contributed by atoms with Gasteiger partial charge in [-0.05, 0) is 19.1 Å². The SMILES string of the molecule is Cc1ncc2c(n1)CCN(Cc1csc(-c3ccc(Cl)cc3)n1)C2. The zero-order valence-corrected chi connectivity index (χ0v) is 14.9. The highest BCUT2D eigenvalue weighted by Crippen LogP contribution is 2.26. The van der Waals surface area contributed by atoms with Crippen molar-refractivity contribution in [2.24, 2.45) is 0 Å². The van der Waals surface area contributed by atoms with E-state index in [9.17, 15) is 0 Å². The third kappa shape index (κ3) is 3.34. The number of hydrogen-bond acceptors (Lipinski definition) is 5. The number of aryl methyl sites for hydroxylation is 1. The van der Waals surface area contributed by atoms with Gasteiger partial charge >= 0.3 is 0 Å². The maximum absolute atomic E-state index is 5.95. The minimum Gasteiger partial charge on any atom is -0.293 e. The third-order valence-corrected chi connectivity index (χ3v) is 5.35. The maximum Gasteiger partial charge on any atom is 0.125 e. The van der Waals surface area contributed by atoms with Crippen LogP contribution in [-0.4, -0.2) is 26.4 Å². The minimum atomic E-state index is 0.750. The molecule has 0 saturated carbocycles. The monoisotopic (exact) mass is 356 g/mol. The zero-order valence-electron chi connectivity index (χ0n) is 13.4. The molecule has 24 heavy (non-hydrogen) atoms. The van der Waals surface area contributed by atoms with Gasteiger partial charge < -0.3 is 0 Å². The molecule has 0 unspecified atom stereocenters. The molecule has 122 valence electrons. The molecule has 0 saturated heterocycles. The molecule has 0 N–H and O–H groups in total. The molecule has 6 heteroatoms. The van der Waals surface area contributed by atoms with Crippen LogP contribution >= 0.6 is 22.9 Å². The van der Waals surface area contributed by atoms with Crippen LogP contribution in [0.5, 0.6) is 0 Å².